The molecule has 1 atom stereocenters. The van der Waals surface area contributed by atoms with Crippen molar-refractivity contribution in [2.45, 2.75) is 19.3 Å². The Hall–Kier alpha value is -2.35. The number of carbonyl (C=O) groups is 2. The van der Waals surface area contributed by atoms with E-state index >= 15 is 0 Å². The molecule has 0 aromatic heterocycles. The second kappa shape index (κ2) is 5.53. The number of carboxylic acids is 1. The van der Waals surface area contributed by atoms with Gasteiger partial charge in [0.25, 0.3) is 0 Å². The van der Waals surface area contributed by atoms with Crippen molar-refractivity contribution in [2.75, 3.05) is 11.4 Å². The van der Waals surface area contributed by atoms with Gasteiger partial charge in [-0.1, -0.05) is 0 Å². The van der Waals surface area contributed by atoms with Crippen LogP contribution in [0.1, 0.15) is 24.8 Å². The predicted molar refractivity (Wildman–Crippen MR) is 68.5 cm³/mol. The van der Waals surface area contributed by atoms with E-state index in [1.807, 2.05) is 6.07 Å². The van der Waals surface area contributed by atoms with Gasteiger partial charge in [0.1, 0.15) is 0 Å². The Morgan fingerprint density at radius 2 is 2.11 bits per heavy atom. The van der Waals surface area contributed by atoms with Crippen LogP contribution in [0.15, 0.2) is 24.3 Å². The molecule has 1 aromatic rings. The van der Waals surface area contributed by atoms with Crippen molar-refractivity contribution in [3.8, 4) is 6.07 Å². The molecule has 1 saturated heterocycles. The molecule has 98 valence electrons. The number of carbonyl (C=O) groups excluding carboxylic acids is 1. The number of anilines is 1. The van der Waals surface area contributed by atoms with Crippen LogP contribution in [0.25, 0.3) is 0 Å². The van der Waals surface area contributed by atoms with Crippen LogP contribution in [-0.2, 0) is 9.59 Å². The highest BCUT2D eigenvalue weighted by atomic mass is 16.4. The summed E-state index contributed by atoms with van der Waals surface area (Å²) in [7, 11) is 0. The molecule has 1 fully saturated rings. The molecule has 1 unspecified atom stereocenters. The molecule has 1 aliphatic heterocycles. The molecule has 5 heteroatoms. The summed E-state index contributed by atoms with van der Waals surface area (Å²) >= 11 is 0. The summed E-state index contributed by atoms with van der Waals surface area (Å²) < 4.78 is 0. The van der Waals surface area contributed by atoms with Gasteiger partial charge in [0.15, 0.2) is 0 Å². The quantitative estimate of drug-likeness (QED) is 0.895. The lowest BCUT2D eigenvalue weighted by molar-refractivity contribution is -0.141. The van der Waals surface area contributed by atoms with Gasteiger partial charge < -0.3 is 10.0 Å². The van der Waals surface area contributed by atoms with E-state index in [1.165, 1.54) is 0 Å². The Balaban J connectivity index is 2.16. The van der Waals surface area contributed by atoms with Gasteiger partial charge in [-0.25, -0.2) is 0 Å². The molecule has 0 radical (unpaired) electrons. The zero-order chi connectivity index (χ0) is 13.8. The van der Waals surface area contributed by atoms with Crippen LogP contribution in [0.2, 0.25) is 0 Å². The smallest absolute Gasteiger partial charge is 0.304 e. The molecule has 1 aliphatic rings. The van der Waals surface area contributed by atoms with E-state index in [0.717, 1.165) is 12.1 Å². The summed E-state index contributed by atoms with van der Waals surface area (Å²) in [6, 6.07) is 8.78. The first-order valence-corrected chi connectivity index (χ1v) is 6.15. The van der Waals surface area contributed by atoms with Gasteiger partial charge in [0, 0.05) is 18.2 Å². The molecule has 2 rings (SSSR count). The normalized spacial score (nSPS) is 19.0. The molecule has 0 bridgehead atoms. The maximum atomic E-state index is 12.2. The lowest BCUT2D eigenvalue weighted by atomic mass is 9.93. The third-order valence-electron chi connectivity index (χ3n) is 3.28. The van der Waals surface area contributed by atoms with Gasteiger partial charge in [-0.3, -0.25) is 9.59 Å². The van der Waals surface area contributed by atoms with E-state index in [0.29, 0.717) is 18.5 Å². The fourth-order valence-electron chi connectivity index (χ4n) is 2.32. The summed E-state index contributed by atoms with van der Waals surface area (Å²) in [5, 5.41) is 17.5. The average molecular weight is 258 g/mol. The molecule has 1 heterocycles. The summed E-state index contributed by atoms with van der Waals surface area (Å²) in [4.78, 5) is 24.6. The van der Waals surface area contributed by atoms with Gasteiger partial charge in [0.05, 0.1) is 18.1 Å². The van der Waals surface area contributed by atoms with Gasteiger partial charge >= 0.3 is 5.97 Å². The highest BCUT2D eigenvalue weighted by molar-refractivity contribution is 5.97. The highest BCUT2D eigenvalue weighted by Gasteiger charge is 2.31. The van der Waals surface area contributed by atoms with Crippen molar-refractivity contribution in [1.82, 2.24) is 0 Å². The van der Waals surface area contributed by atoms with Crippen LogP contribution in [0.4, 0.5) is 5.69 Å². The van der Waals surface area contributed by atoms with Crippen molar-refractivity contribution < 1.29 is 14.7 Å². The summed E-state index contributed by atoms with van der Waals surface area (Å²) in [6.45, 7) is 0.598. The zero-order valence-corrected chi connectivity index (χ0v) is 10.4. The van der Waals surface area contributed by atoms with Gasteiger partial charge in [-0.2, -0.15) is 5.26 Å². The molecule has 0 spiro atoms. The molecule has 5 nitrogen and oxygen atoms in total. The Bertz CT molecular complexity index is 531. The number of nitriles is 1. The van der Waals surface area contributed by atoms with Crippen LogP contribution in [0.5, 0.6) is 0 Å². The molecular weight excluding hydrogens is 244 g/mol. The lowest BCUT2D eigenvalue weighted by Crippen LogP contribution is -2.42. The number of nitrogens with zero attached hydrogens (tertiary/aromatic N) is 2. The topological polar surface area (TPSA) is 81.4 Å². The minimum atomic E-state index is -0.944. The van der Waals surface area contributed by atoms with Crippen molar-refractivity contribution >= 4 is 17.6 Å². The molecule has 1 N–H and O–H groups in total. The summed E-state index contributed by atoms with van der Waals surface area (Å²) in [5.41, 5.74) is 1.26. The Kier molecular flexibility index (Phi) is 3.81. The molecule has 0 aliphatic carbocycles. The monoisotopic (exact) mass is 258 g/mol. The summed E-state index contributed by atoms with van der Waals surface area (Å²) in [5.74, 6) is -1.53. The Morgan fingerprint density at radius 1 is 1.42 bits per heavy atom. The molecule has 19 heavy (non-hydrogen) atoms. The third-order valence-corrected chi connectivity index (χ3v) is 3.28. The highest BCUT2D eigenvalue weighted by Crippen LogP contribution is 2.26. The average Bonchev–Trinajstić information content (AvgIpc) is 2.41. The Labute approximate surface area is 111 Å². The van der Waals surface area contributed by atoms with Gasteiger partial charge in [-0.05, 0) is 37.1 Å². The van der Waals surface area contributed by atoms with Crippen molar-refractivity contribution in [1.29, 1.82) is 5.26 Å². The summed E-state index contributed by atoms with van der Waals surface area (Å²) in [6.07, 6.45) is 1.30. The van der Waals surface area contributed by atoms with Crippen LogP contribution >= 0.6 is 0 Å². The second-order valence-electron chi connectivity index (χ2n) is 4.59. The van der Waals surface area contributed by atoms with E-state index in [9.17, 15) is 9.59 Å². The number of benzene rings is 1. The molecule has 0 saturated carbocycles. The predicted octanol–water partition coefficient (Wildman–Crippen LogP) is 1.78. The second-order valence-corrected chi connectivity index (χ2v) is 4.59. The first-order valence-electron chi connectivity index (χ1n) is 6.15. The van der Waals surface area contributed by atoms with Crippen molar-refractivity contribution in [3.05, 3.63) is 29.8 Å². The minimum absolute atomic E-state index is 0.119. The SMILES string of the molecule is N#Cc1ccc(N2CCCC(CC(=O)O)C2=O)cc1. The van der Waals surface area contributed by atoms with Gasteiger partial charge in [0.2, 0.25) is 5.91 Å². The standard InChI is InChI=1S/C14H14N2O3/c15-9-10-3-5-12(6-4-10)16-7-1-2-11(14(16)19)8-13(17)18/h3-6,11H,1-2,7-8H2,(H,17,18). The fraction of sp³-hybridized carbons (Fsp3) is 0.357. The fourth-order valence-corrected chi connectivity index (χ4v) is 2.32. The molecule has 1 aromatic carbocycles. The lowest BCUT2D eigenvalue weighted by Gasteiger charge is -2.31. The third kappa shape index (κ3) is 2.91. The molecule has 1 amide bonds. The van der Waals surface area contributed by atoms with E-state index in [-0.39, 0.29) is 12.3 Å². The first kappa shape index (κ1) is 13.1. The van der Waals surface area contributed by atoms with Crippen LogP contribution in [-0.4, -0.2) is 23.5 Å². The first-order chi connectivity index (χ1) is 9.11. The van der Waals surface area contributed by atoms with Crippen LogP contribution < -0.4 is 4.90 Å². The Morgan fingerprint density at radius 3 is 2.68 bits per heavy atom. The number of hydrogen-bond acceptors (Lipinski definition) is 3. The van der Waals surface area contributed by atoms with Crippen LogP contribution in [0.3, 0.4) is 0 Å². The van der Waals surface area contributed by atoms with E-state index in [1.54, 1.807) is 29.2 Å². The molecular formula is C14H14N2O3. The van der Waals surface area contributed by atoms with E-state index < -0.39 is 11.9 Å². The number of hydrogen-bond donors (Lipinski definition) is 1. The zero-order valence-electron chi connectivity index (χ0n) is 10.4. The number of amides is 1. The maximum absolute atomic E-state index is 12.2. The number of rotatable bonds is 3. The van der Waals surface area contributed by atoms with Crippen LogP contribution in [0, 0.1) is 17.2 Å². The number of carboxylic acid groups (broad SMARTS) is 1. The number of piperidine rings is 1. The van der Waals surface area contributed by atoms with Crippen molar-refractivity contribution in [2.24, 2.45) is 5.92 Å². The van der Waals surface area contributed by atoms with Crippen molar-refractivity contribution in [3.63, 3.8) is 0 Å². The van der Waals surface area contributed by atoms with E-state index in [4.69, 9.17) is 10.4 Å². The minimum Gasteiger partial charge on any atom is -0.481 e. The van der Waals surface area contributed by atoms with E-state index in [2.05, 4.69) is 0 Å². The number of aliphatic carboxylic acids is 1. The largest absolute Gasteiger partial charge is 0.481 e. The van der Waals surface area contributed by atoms with Gasteiger partial charge in [-0.15, -0.1) is 0 Å². The maximum Gasteiger partial charge on any atom is 0.304 e.